The molecule has 0 aromatic carbocycles. The number of nitrogens with one attached hydrogen (secondary N) is 1. The Morgan fingerprint density at radius 2 is 1.58 bits per heavy atom. The third-order valence-electron chi connectivity index (χ3n) is 5.81. The fourth-order valence-corrected chi connectivity index (χ4v) is 4.65. The number of rotatable bonds is 4. The van der Waals surface area contributed by atoms with Crippen molar-refractivity contribution in [2.24, 2.45) is 5.92 Å². The Morgan fingerprint density at radius 3 is 2.26 bits per heavy atom. The van der Waals surface area contributed by atoms with Gasteiger partial charge in [-0.05, 0) is 38.0 Å². The van der Waals surface area contributed by atoms with E-state index in [4.69, 9.17) is 0 Å². The van der Waals surface area contributed by atoms with Crippen molar-refractivity contribution in [2.45, 2.75) is 89.3 Å². The van der Waals surface area contributed by atoms with Crippen molar-refractivity contribution < 1.29 is 0 Å². The van der Waals surface area contributed by atoms with Gasteiger partial charge in [-0.1, -0.05) is 39.0 Å². The second-order valence-corrected chi connectivity index (χ2v) is 7.25. The monoisotopic (exact) mass is 264 g/mol. The van der Waals surface area contributed by atoms with Gasteiger partial charge in [-0.2, -0.15) is 0 Å². The molecule has 0 aromatic rings. The average molecular weight is 264 g/mol. The lowest BCUT2D eigenvalue weighted by atomic mass is 9.90. The second-order valence-electron chi connectivity index (χ2n) is 7.25. The Kier molecular flexibility index (Phi) is 4.81. The van der Waals surface area contributed by atoms with Gasteiger partial charge in [-0.25, -0.2) is 0 Å². The third-order valence-corrected chi connectivity index (χ3v) is 5.81. The van der Waals surface area contributed by atoms with E-state index in [-0.39, 0.29) is 0 Å². The van der Waals surface area contributed by atoms with Crippen LogP contribution in [0.2, 0.25) is 0 Å². The van der Waals surface area contributed by atoms with Gasteiger partial charge in [0.15, 0.2) is 0 Å². The molecular weight excluding hydrogens is 232 g/mol. The number of likely N-dealkylation sites (tertiary alicyclic amines) is 1. The van der Waals surface area contributed by atoms with Gasteiger partial charge in [-0.3, -0.25) is 4.90 Å². The van der Waals surface area contributed by atoms with Crippen LogP contribution in [0.3, 0.4) is 0 Å². The van der Waals surface area contributed by atoms with Crippen LogP contribution in [0.15, 0.2) is 0 Å². The van der Waals surface area contributed by atoms with Gasteiger partial charge < -0.3 is 5.32 Å². The summed E-state index contributed by atoms with van der Waals surface area (Å²) in [5, 5.41) is 3.99. The van der Waals surface area contributed by atoms with Crippen molar-refractivity contribution in [3.63, 3.8) is 0 Å². The number of nitrogens with zero attached hydrogens (tertiary/aromatic N) is 1. The summed E-state index contributed by atoms with van der Waals surface area (Å²) in [7, 11) is 0. The molecule has 1 saturated heterocycles. The van der Waals surface area contributed by atoms with Crippen LogP contribution in [-0.4, -0.2) is 36.1 Å². The van der Waals surface area contributed by atoms with Gasteiger partial charge in [0.05, 0.1) is 0 Å². The van der Waals surface area contributed by atoms with Crippen LogP contribution in [-0.2, 0) is 0 Å². The molecule has 2 aliphatic carbocycles. The van der Waals surface area contributed by atoms with Crippen LogP contribution >= 0.6 is 0 Å². The molecule has 2 saturated carbocycles. The van der Waals surface area contributed by atoms with E-state index in [1.165, 1.54) is 77.3 Å². The van der Waals surface area contributed by atoms with Gasteiger partial charge in [0, 0.05) is 31.2 Å². The maximum absolute atomic E-state index is 3.99. The highest BCUT2D eigenvalue weighted by Crippen LogP contribution is 2.30. The highest BCUT2D eigenvalue weighted by molar-refractivity contribution is 4.90. The summed E-state index contributed by atoms with van der Waals surface area (Å²) in [4.78, 5) is 2.84. The van der Waals surface area contributed by atoms with E-state index in [0.717, 1.165) is 24.0 Å². The van der Waals surface area contributed by atoms with Crippen LogP contribution in [0.1, 0.15) is 71.1 Å². The number of hydrogen-bond acceptors (Lipinski definition) is 2. The predicted molar refractivity (Wildman–Crippen MR) is 81.4 cm³/mol. The van der Waals surface area contributed by atoms with E-state index in [1.54, 1.807) is 0 Å². The van der Waals surface area contributed by atoms with Gasteiger partial charge in [0.2, 0.25) is 0 Å². The lowest BCUT2D eigenvalue weighted by Gasteiger charge is -2.42. The second kappa shape index (κ2) is 6.58. The first-order valence-corrected chi connectivity index (χ1v) is 8.85. The van der Waals surface area contributed by atoms with Crippen LogP contribution in [0.25, 0.3) is 0 Å². The SMILES string of the molecule is CCC1CC(NC2CCCC2)CN(C2CCCC2)C1. The zero-order valence-electron chi connectivity index (χ0n) is 12.7. The summed E-state index contributed by atoms with van der Waals surface area (Å²) < 4.78 is 0. The van der Waals surface area contributed by atoms with E-state index in [0.29, 0.717) is 0 Å². The minimum absolute atomic E-state index is 0.780. The summed E-state index contributed by atoms with van der Waals surface area (Å²) in [6, 6.07) is 2.54. The Balaban J connectivity index is 1.56. The highest BCUT2D eigenvalue weighted by atomic mass is 15.2. The van der Waals surface area contributed by atoms with Crippen molar-refractivity contribution in [3.05, 3.63) is 0 Å². The Bertz CT molecular complexity index is 266. The van der Waals surface area contributed by atoms with Crippen molar-refractivity contribution in [1.82, 2.24) is 10.2 Å². The van der Waals surface area contributed by atoms with Crippen molar-refractivity contribution in [1.29, 1.82) is 0 Å². The van der Waals surface area contributed by atoms with Gasteiger partial charge in [-0.15, -0.1) is 0 Å². The average Bonchev–Trinajstić information content (AvgIpc) is 3.11. The Hall–Kier alpha value is -0.0800. The normalized spacial score (nSPS) is 35.2. The molecule has 19 heavy (non-hydrogen) atoms. The van der Waals surface area contributed by atoms with Gasteiger partial charge in [0.25, 0.3) is 0 Å². The first-order chi connectivity index (χ1) is 9.35. The molecule has 3 aliphatic rings. The van der Waals surface area contributed by atoms with E-state index >= 15 is 0 Å². The lowest BCUT2D eigenvalue weighted by Crippen LogP contribution is -2.53. The molecule has 0 radical (unpaired) electrons. The molecular formula is C17H32N2. The third kappa shape index (κ3) is 3.52. The molecule has 3 rings (SSSR count). The van der Waals surface area contributed by atoms with Crippen LogP contribution < -0.4 is 5.32 Å². The Labute approximate surface area is 119 Å². The summed E-state index contributed by atoms with van der Waals surface area (Å²) in [5.74, 6) is 0.938. The molecule has 2 heteroatoms. The van der Waals surface area contributed by atoms with E-state index in [2.05, 4.69) is 17.1 Å². The Morgan fingerprint density at radius 1 is 0.895 bits per heavy atom. The van der Waals surface area contributed by atoms with E-state index in [1.807, 2.05) is 0 Å². The van der Waals surface area contributed by atoms with Gasteiger partial charge in [0.1, 0.15) is 0 Å². The fraction of sp³-hybridized carbons (Fsp3) is 1.00. The highest BCUT2D eigenvalue weighted by Gasteiger charge is 2.32. The van der Waals surface area contributed by atoms with Crippen molar-refractivity contribution in [2.75, 3.05) is 13.1 Å². The number of hydrogen-bond donors (Lipinski definition) is 1. The number of piperidine rings is 1. The first kappa shape index (κ1) is 13.9. The molecule has 2 nitrogen and oxygen atoms in total. The molecule has 1 N–H and O–H groups in total. The largest absolute Gasteiger partial charge is 0.310 e. The van der Waals surface area contributed by atoms with Crippen molar-refractivity contribution in [3.8, 4) is 0 Å². The molecule has 0 spiro atoms. The summed E-state index contributed by atoms with van der Waals surface area (Å²) in [6.45, 7) is 5.09. The fourth-order valence-electron chi connectivity index (χ4n) is 4.65. The summed E-state index contributed by atoms with van der Waals surface area (Å²) in [6.07, 6.45) is 14.4. The van der Waals surface area contributed by atoms with E-state index < -0.39 is 0 Å². The molecule has 0 amide bonds. The van der Waals surface area contributed by atoms with Gasteiger partial charge >= 0.3 is 0 Å². The molecule has 1 aliphatic heterocycles. The maximum Gasteiger partial charge on any atom is 0.0200 e. The quantitative estimate of drug-likeness (QED) is 0.835. The van der Waals surface area contributed by atoms with Crippen LogP contribution in [0.4, 0.5) is 0 Å². The minimum Gasteiger partial charge on any atom is -0.310 e. The van der Waals surface area contributed by atoms with Crippen LogP contribution in [0, 0.1) is 5.92 Å². The lowest BCUT2D eigenvalue weighted by molar-refractivity contribution is 0.0932. The zero-order valence-corrected chi connectivity index (χ0v) is 12.7. The maximum atomic E-state index is 3.99. The molecule has 0 bridgehead atoms. The topological polar surface area (TPSA) is 15.3 Å². The standard InChI is InChI=1S/C17H32N2/c1-2-14-11-16(18-15-7-3-4-8-15)13-19(12-14)17-9-5-6-10-17/h14-18H,2-13H2,1H3. The summed E-state index contributed by atoms with van der Waals surface area (Å²) in [5.41, 5.74) is 0. The van der Waals surface area contributed by atoms with Crippen molar-refractivity contribution >= 4 is 0 Å². The first-order valence-electron chi connectivity index (χ1n) is 8.85. The minimum atomic E-state index is 0.780. The smallest absolute Gasteiger partial charge is 0.0200 e. The molecule has 0 aromatic heterocycles. The molecule has 2 atom stereocenters. The molecule has 1 heterocycles. The zero-order chi connectivity index (χ0) is 13.1. The summed E-state index contributed by atoms with van der Waals surface area (Å²) >= 11 is 0. The van der Waals surface area contributed by atoms with Crippen LogP contribution in [0.5, 0.6) is 0 Å². The molecule has 2 unspecified atom stereocenters. The predicted octanol–water partition coefficient (Wildman–Crippen LogP) is 3.56. The molecule has 110 valence electrons. The molecule has 3 fully saturated rings. The van der Waals surface area contributed by atoms with E-state index in [9.17, 15) is 0 Å².